The second-order valence-corrected chi connectivity index (χ2v) is 1.99. The van der Waals surface area contributed by atoms with Crippen LogP contribution in [0.1, 0.15) is 6.92 Å². The molecule has 0 aliphatic heterocycles. The molecule has 2 nitrogen and oxygen atoms in total. The van der Waals surface area contributed by atoms with E-state index in [4.69, 9.17) is 23.2 Å². The third kappa shape index (κ3) is 21.1. The van der Waals surface area contributed by atoms with Crippen molar-refractivity contribution < 1.29 is 0 Å². The Morgan fingerprint density at radius 2 is 1.57 bits per heavy atom. The van der Waals surface area contributed by atoms with Gasteiger partial charge in [0.1, 0.15) is 0 Å². The minimum absolute atomic E-state index is 0. The van der Waals surface area contributed by atoms with Crippen molar-refractivity contribution in [2.45, 2.75) is 12.3 Å². The van der Waals surface area contributed by atoms with Crippen LogP contribution in [0, 0.1) is 0 Å². The highest BCUT2D eigenvalue weighted by atomic mass is 35.5. The van der Waals surface area contributed by atoms with Crippen molar-refractivity contribution in [3.8, 4) is 0 Å². The third-order valence-corrected chi connectivity index (χ3v) is 0.988. The molecule has 0 radical (unpaired) electrons. The normalized spacial score (nSPS) is 10.7. The van der Waals surface area contributed by atoms with Crippen molar-refractivity contribution in [2.24, 2.45) is 0 Å². The van der Waals surface area contributed by atoms with Gasteiger partial charge in [-0.3, -0.25) is 0 Å². The molecule has 0 amide bonds. The number of alkyl halides is 2. The van der Waals surface area contributed by atoms with Gasteiger partial charge < -0.3 is 12.3 Å². The van der Waals surface area contributed by atoms with Crippen molar-refractivity contribution in [2.75, 3.05) is 5.88 Å². The number of hydrogen-bond donors (Lipinski definition) is 2. The fourth-order valence-corrected chi connectivity index (χ4v) is 0. The van der Waals surface area contributed by atoms with Crippen molar-refractivity contribution in [1.29, 1.82) is 0 Å². The van der Waals surface area contributed by atoms with E-state index in [0.717, 1.165) is 0 Å². The van der Waals surface area contributed by atoms with Crippen LogP contribution in [0.5, 0.6) is 0 Å². The van der Waals surface area contributed by atoms with Gasteiger partial charge in [-0.25, -0.2) is 0 Å². The Hall–Kier alpha value is 0.500. The molecule has 0 aromatic carbocycles. The molecule has 7 heavy (non-hydrogen) atoms. The van der Waals surface area contributed by atoms with Crippen LogP contribution >= 0.6 is 23.2 Å². The van der Waals surface area contributed by atoms with E-state index in [1.54, 1.807) is 0 Å². The first kappa shape index (κ1) is 15.6. The third-order valence-electron chi connectivity index (χ3n) is 0.213. The molecule has 0 aromatic rings. The maximum absolute atomic E-state index is 5.33. The van der Waals surface area contributed by atoms with Crippen LogP contribution in [-0.2, 0) is 0 Å². The van der Waals surface area contributed by atoms with Gasteiger partial charge in [0.05, 0.1) is 0 Å². The fraction of sp³-hybridized carbons (Fsp3) is 1.00. The van der Waals surface area contributed by atoms with E-state index in [9.17, 15) is 0 Å². The summed E-state index contributed by atoms with van der Waals surface area (Å²) in [7, 11) is 0. The number of halogens is 2. The lowest BCUT2D eigenvalue weighted by Crippen LogP contribution is -1.87. The zero-order valence-electron chi connectivity index (χ0n) is 4.45. The van der Waals surface area contributed by atoms with Crippen molar-refractivity contribution in [3.63, 3.8) is 0 Å². The van der Waals surface area contributed by atoms with Gasteiger partial charge in [-0.05, 0) is 6.92 Å². The van der Waals surface area contributed by atoms with E-state index in [0.29, 0.717) is 5.88 Å². The molecule has 0 aliphatic carbocycles. The topological polar surface area (TPSA) is 70.0 Å². The van der Waals surface area contributed by atoms with Gasteiger partial charge in [0.15, 0.2) is 0 Å². The minimum atomic E-state index is 0. The summed E-state index contributed by atoms with van der Waals surface area (Å²) in [6.07, 6.45) is 0. The summed E-state index contributed by atoms with van der Waals surface area (Å²) < 4.78 is 0. The van der Waals surface area contributed by atoms with Gasteiger partial charge in [0.2, 0.25) is 0 Å². The molecule has 1 atom stereocenters. The molecule has 0 saturated heterocycles. The highest BCUT2D eigenvalue weighted by Gasteiger charge is 1.85. The average Bonchev–Trinajstić information content (AvgIpc) is 1.38. The number of rotatable bonds is 1. The average molecular weight is 147 g/mol. The minimum Gasteiger partial charge on any atom is -0.344 e. The SMILES string of the molecule is CC(Cl)CCl.N.N. The van der Waals surface area contributed by atoms with Crippen molar-refractivity contribution >= 4 is 23.2 Å². The van der Waals surface area contributed by atoms with Crippen LogP contribution in [0.15, 0.2) is 0 Å². The van der Waals surface area contributed by atoms with Gasteiger partial charge in [-0.1, -0.05) is 0 Å². The summed E-state index contributed by atoms with van der Waals surface area (Å²) >= 11 is 10.5. The quantitative estimate of drug-likeness (QED) is 0.558. The van der Waals surface area contributed by atoms with Crippen LogP contribution in [0.2, 0.25) is 0 Å². The molecule has 0 aromatic heterocycles. The lowest BCUT2D eigenvalue weighted by atomic mass is 10.6. The Morgan fingerprint density at radius 3 is 1.57 bits per heavy atom. The monoisotopic (exact) mass is 146 g/mol. The molecule has 0 bridgehead atoms. The predicted octanol–water partition coefficient (Wildman–Crippen LogP) is 2.18. The van der Waals surface area contributed by atoms with Crippen LogP contribution in [0.25, 0.3) is 0 Å². The van der Waals surface area contributed by atoms with E-state index in [2.05, 4.69) is 0 Å². The standard InChI is InChI=1S/C3H6Cl2.2H3N/c1-3(5)2-4;;/h3H,2H2,1H3;2*1H3. The molecule has 0 fully saturated rings. The fourth-order valence-electron chi connectivity index (χ4n) is 0. The van der Waals surface area contributed by atoms with Gasteiger partial charge in [0.25, 0.3) is 0 Å². The van der Waals surface area contributed by atoms with E-state index in [1.165, 1.54) is 0 Å². The van der Waals surface area contributed by atoms with Crippen LogP contribution in [-0.4, -0.2) is 11.3 Å². The zero-order chi connectivity index (χ0) is 4.28. The molecular weight excluding hydrogens is 135 g/mol. The summed E-state index contributed by atoms with van der Waals surface area (Å²) in [4.78, 5) is 0. The van der Waals surface area contributed by atoms with Crippen LogP contribution in [0.4, 0.5) is 0 Å². The van der Waals surface area contributed by atoms with Crippen LogP contribution < -0.4 is 12.3 Å². The summed E-state index contributed by atoms with van der Waals surface area (Å²) in [5, 5.41) is 0.122. The second-order valence-electron chi connectivity index (χ2n) is 0.935. The largest absolute Gasteiger partial charge is 0.344 e. The Bertz CT molecular complexity index is 24.9. The maximum Gasteiger partial charge on any atom is 0.0443 e. The Morgan fingerprint density at radius 1 is 1.43 bits per heavy atom. The molecule has 0 rings (SSSR count). The second kappa shape index (κ2) is 9.71. The van der Waals surface area contributed by atoms with Crippen molar-refractivity contribution in [3.05, 3.63) is 0 Å². The Kier molecular flexibility index (Phi) is 21.7. The molecule has 0 spiro atoms. The molecule has 6 N–H and O–H groups in total. The first-order chi connectivity index (χ1) is 2.27. The predicted molar refractivity (Wildman–Crippen MR) is 36.1 cm³/mol. The van der Waals surface area contributed by atoms with E-state index in [1.807, 2.05) is 6.92 Å². The lowest BCUT2D eigenvalue weighted by molar-refractivity contribution is 1.11. The lowest BCUT2D eigenvalue weighted by Gasteiger charge is -1.85. The molecule has 0 saturated carbocycles. The first-order valence-corrected chi connectivity index (χ1v) is 2.44. The highest BCUT2D eigenvalue weighted by Crippen LogP contribution is 1.93. The Balaban J connectivity index is -0.0000000800. The zero-order valence-corrected chi connectivity index (χ0v) is 5.97. The molecule has 0 aliphatic rings. The van der Waals surface area contributed by atoms with E-state index in [-0.39, 0.29) is 17.7 Å². The van der Waals surface area contributed by atoms with Crippen LogP contribution in [0.3, 0.4) is 0 Å². The molecule has 1 unspecified atom stereocenters. The first-order valence-electron chi connectivity index (χ1n) is 1.47. The number of hydrogen-bond acceptors (Lipinski definition) is 2. The summed E-state index contributed by atoms with van der Waals surface area (Å²) in [5.74, 6) is 0.543. The van der Waals surface area contributed by atoms with Gasteiger partial charge in [0, 0.05) is 11.3 Å². The summed E-state index contributed by atoms with van der Waals surface area (Å²) in [5.41, 5.74) is 0. The molecule has 48 valence electrons. The molecular formula is C3H12Cl2N2. The van der Waals surface area contributed by atoms with Crippen molar-refractivity contribution in [1.82, 2.24) is 12.3 Å². The van der Waals surface area contributed by atoms with E-state index < -0.39 is 0 Å². The van der Waals surface area contributed by atoms with E-state index >= 15 is 0 Å². The van der Waals surface area contributed by atoms with Gasteiger partial charge in [-0.2, -0.15) is 0 Å². The summed E-state index contributed by atoms with van der Waals surface area (Å²) in [6.45, 7) is 1.86. The Labute approximate surface area is 54.3 Å². The summed E-state index contributed by atoms with van der Waals surface area (Å²) in [6, 6.07) is 0. The maximum atomic E-state index is 5.33. The van der Waals surface area contributed by atoms with Gasteiger partial charge >= 0.3 is 0 Å². The smallest absolute Gasteiger partial charge is 0.0443 e. The molecule has 0 heterocycles. The molecule has 4 heteroatoms. The highest BCUT2D eigenvalue weighted by molar-refractivity contribution is 6.27. The van der Waals surface area contributed by atoms with Gasteiger partial charge in [-0.15, -0.1) is 23.2 Å².